The first-order chi connectivity index (χ1) is 24.5. The molecule has 0 aromatic heterocycles. The first kappa shape index (κ1) is 33.3. The van der Waals surface area contributed by atoms with Crippen molar-refractivity contribution in [3.63, 3.8) is 0 Å². The van der Waals surface area contributed by atoms with E-state index in [9.17, 15) is 19.5 Å². The van der Waals surface area contributed by atoms with Crippen LogP contribution >= 0.6 is 43.2 Å². The summed E-state index contributed by atoms with van der Waals surface area (Å²) >= 11 is 0. The van der Waals surface area contributed by atoms with Gasteiger partial charge in [-0.2, -0.15) is 0 Å². The zero-order valence-electron chi connectivity index (χ0n) is 28.7. The third kappa shape index (κ3) is 3.02. The highest BCUT2D eigenvalue weighted by atomic mass is 33.1. The summed E-state index contributed by atoms with van der Waals surface area (Å²) in [5.74, 6) is -2.43. The Morgan fingerprint density at radius 3 is 2.15 bits per heavy atom. The van der Waals surface area contributed by atoms with Crippen LogP contribution in [0.4, 0.5) is 14.9 Å². The molecular weight excluding hydrogens is 752 g/mol. The topological polar surface area (TPSA) is 143 Å². The van der Waals surface area contributed by atoms with Gasteiger partial charge in [-0.05, 0) is 76.7 Å². The number of hydrogen-bond donors (Lipinski definition) is 2. The number of nitrogens with zero attached hydrogens (tertiary/aromatic N) is 5. The summed E-state index contributed by atoms with van der Waals surface area (Å²) in [6.07, 6.45) is -5.13. The van der Waals surface area contributed by atoms with Crippen LogP contribution in [-0.4, -0.2) is 131 Å². The summed E-state index contributed by atoms with van der Waals surface area (Å²) < 4.78 is 22.5. The Balaban J connectivity index is 1.39. The SMILES string of the molecule is CN(C)C(=O)O[C@H]1[C@]2([C@@]34c5ccccc5C[C@@H]3N3C(=O)[C@]5(C)SS[C@]3(C(=O)N5C)[C@H]4O)c3cc(F)ccc3N[C@@H]2N2C(=O)[C@]3(C)SS[C@]12C(=O)N3C. The number of hydrogen-bond acceptors (Lipinski definition) is 12. The molecule has 10 atom stereocenters. The quantitative estimate of drug-likeness (QED) is 0.432. The Morgan fingerprint density at radius 1 is 0.865 bits per heavy atom. The zero-order chi connectivity index (χ0) is 36.9. The molecule has 8 saturated heterocycles. The van der Waals surface area contributed by atoms with E-state index in [0.717, 1.165) is 27.2 Å². The number of carbonyl (C=O) groups is 5. The highest BCUT2D eigenvalue weighted by Crippen LogP contribution is 2.79. The number of aliphatic hydroxyl groups is 1. The average Bonchev–Trinajstić information content (AvgIpc) is 3.77. The van der Waals surface area contributed by atoms with Crippen LogP contribution in [0, 0.1) is 5.82 Å². The second-order valence-corrected chi connectivity index (χ2v) is 20.7. The minimum absolute atomic E-state index is 0.195. The van der Waals surface area contributed by atoms with E-state index < -0.39 is 84.4 Å². The largest absolute Gasteiger partial charge is 0.441 e. The minimum Gasteiger partial charge on any atom is -0.441 e. The van der Waals surface area contributed by atoms with Crippen LogP contribution in [0.5, 0.6) is 0 Å². The highest BCUT2D eigenvalue weighted by molar-refractivity contribution is 8.78. The lowest BCUT2D eigenvalue weighted by atomic mass is 9.51. The molecule has 9 heterocycles. The molecule has 18 heteroatoms. The van der Waals surface area contributed by atoms with Crippen molar-refractivity contribution >= 4 is 78.6 Å². The van der Waals surface area contributed by atoms with Crippen LogP contribution in [-0.2, 0) is 41.2 Å². The molecule has 5 amide bonds. The number of piperazine rings is 2. The number of nitrogens with one attached hydrogen (secondary N) is 1. The van der Waals surface area contributed by atoms with E-state index in [2.05, 4.69) is 5.32 Å². The fourth-order valence-electron chi connectivity index (χ4n) is 10.6. The minimum atomic E-state index is -1.91. The molecule has 2 N–H and O–H groups in total. The van der Waals surface area contributed by atoms with Gasteiger partial charge in [-0.25, -0.2) is 9.18 Å². The van der Waals surface area contributed by atoms with Crippen LogP contribution in [0.25, 0.3) is 0 Å². The van der Waals surface area contributed by atoms with Gasteiger partial charge in [0.05, 0.1) is 16.9 Å². The van der Waals surface area contributed by atoms with Crippen molar-refractivity contribution in [2.45, 2.75) is 75.0 Å². The Bertz CT molecular complexity index is 2130. The van der Waals surface area contributed by atoms with Gasteiger partial charge in [0.2, 0.25) is 9.74 Å². The van der Waals surface area contributed by atoms with Gasteiger partial charge >= 0.3 is 6.09 Å². The zero-order valence-corrected chi connectivity index (χ0v) is 32.0. The maximum atomic E-state index is 15.9. The molecule has 4 bridgehead atoms. The molecule has 8 fully saturated rings. The number of amides is 5. The molecular formula is C34H33FN6O7S4. The molecule has 0 unspecified atom stereocenters. The number of halogens is 1. The summed E-state index contributed by atoms with van der Waals surface area (Å²) in [6.45, 7) is 3.34. The molecule has 0 radical (unpaired) electrons. The lowest BCUT2D eigenvalue weighted by molar-refractivity contribution is -0.166. The number of fused-ring (bicyclic) bond motifs is 11. The summed E-state index contributed by atoms with van der Waals surface area (Å²) in [6, 6.07) is 10.5. The fourth-order valence-corrected chi connectivity index (χ4v) is 17.8. The highest BCUT2D eigenvalue weighted by Gasteiger charge is 2.93. The van der Waals surface area contributed by atoms with Gasteiger partial charge in [0.1, 0.15) is 18.1 Å². The van der Waals surface area contributed by atoms with Gasteiger partial charge < -0.3 is 34.8 Å². The molecule has 10 aliphatic rings. The molecule has 12 rings (SSSR count). The Labute approximate surface area is 313 Å². The molecule has 52 heavy (non-hydrogen) atoms. The van der Waals surface area contributed by atoms with Crippen LogP contribution in [0.15, 0.2) is 42.5 Å². The average molecular weight is 785 g/mol. The molecule has 9 aliphatic heterocycles. The van der Waals surface area contributed by atoms with Crippen LogP contribution in [0.3, 0.4) is 0 Å². The van der Waals surface area contributed by atoms with Gasteiger partial charge in [0.15, 0.2) is 15.8 Å². The van der Waals surface area contributed by atoms with Crippen molar-refractivity contribution in [3.8, 4) is 0 Å². The number of aliphatic hydroxyl groups excluding tert-OH is 1. The first-order valence-electron chi connectivity index (χ1n) is 16.7. The molecule has 272 valence electrons. The van der Waals surface area contributed by atoms with Crippen LogP contribution in [0.2, 0.25) is 0 Å². The predicted octanol–water partition coefficient (Wildman–Crippen LogP) is 2.35. The van der Waals surface area contributed by atoms with Gasteiger partial charge in [-0.1, -0.05) is 45.9 Å². The van der Waals surface area contributed by atoms with Crippen molar-refractivity contribution in [1.29, 1.82) is 0 Å². The lowest BCUT2D eigenvalue weighted by Gasteiger charge is -2.58. The monoisotopic (exact) mass is 784 g/mol. The third-order valence-corrected chi connectivity index (χ3v) is 20.4. The van der Waals surface area contributed by atoms with E-state index in [4.69, 9.17) is 4.74 Å². The summed E-state index contributed by atoms with van der Waals surface area (Å²) in [5.41, 5.74) is -1.62. The summed E-state index contributed by atoms with van der Waals surface area (Å²) in [7, 11) is 10.7. The van der Waals surface area contributed by atoms with Crippen molar-refractivity contribution in [3.05, 3.63) is 65.0 Å². The predicted molar refractivity (Wildman–Crippen MR) is 193 cm³/mol. The van der Waals surface area contributed by atoms with E-state index in [1.165, 1.54) is 85.4 Å². The molecule has 1 aliphatic carbocycles. The number of carbonyl (C=O) groups excluding carboxylic acids is 5. The Kier molecular flexibility index (Phi) is 6.18. The smallest absolute Gasteiger partial charge is 0.409 e. The van der Waals surface area contributed by atoms with Crippen molar-refractivity contribution in [2.75, 3.05) is 33.5 Å². The van der Waals surface area contributed by atoms with Gasteiger partial charge in [-0.15, -0.1) is 0 Å². The molecule has 2 aromatic rings. The molecule has 13 nitrogen and oxygen atoms in total. The van der Waals surface area contributed by atoms with E-state index in [1.54, 1.807) is 27.0 Å². The molecule has 2 aromatic carbocycles. The fraction of sp³-hybridized carbons (Fsp3) is 0.500. The van der Waals surface area contributed by atoms with Crippen LogP contribution < -0.4 is 5.32 Å². The second kappa shape index (κ2) is 9.67. The summed E-state index contributed by atoms with van der Waals surface area (Å²) in [4.78, 5) is 74.4. The first-order valence-corrected chi connectivity index (χ1v) is 21.0. The van der Waals surface area contributed by atoms with Crippen molar-refractivity contribution in [1.82, 2.24) is 24.5 Å². The maximum Gasteiger partial charge on any atom is 0.409 e. The lowest BCUT2D eigenvalue weighted by Crippen LogP contribution is -2.77. The third-order valence-electron chi connectivity index (χ3n) is 13.1. The molecule has 2 spiro atoms. The van der Waals surface area contributed by atoms with Gasteiger partial charge in [0.25, 0.3) is 23.6 Å². The Morgan fingerprint density at radius 2 is 1.48 bits per heavy atom. The summed E-state index contributed by atoms with van der Waals surface area (Å²) in [5, 5.41) is 17.1. The van der Waals surface area contributed by atoms with E-state index in [1.807, 2.05) is 18.2 Å². The van der Waals surface area contributed by atoms with Crippen LogP contribution in [0.1, 0.15) is 30.5 Å². The normalized spacial score (nSPS) is 42.9. The van der Waals surface area contributed by atoms with Crippen molar-refractivity contribution < 1.29 is 38.2 Å². The van der Waals surface area contributed by atoms with Crippen molar-refractivity contribution in [2.24, 2.45) is 0 Å². The number of benzene rings is 2. The number of ether oxygens (including phenoxy) is 1. The van der Waals surface area contributed by atoms with Gasteiger partial charge in [0, 0.05) is 33.9 Å². The van der Waals surface area contributed by atoms with E-state index in [0.29, 0.717) is 11.3 Å². The second-order valence-electron chi connectivity index (χ2n) is 15.2. The number of rotatable bonds is 2. The molecule has 0 saturated carbocycles. The van der Waals surface area contributed by atoms with Gasteiger partial charge in [-0.3, -0.25) is 24.1 Å². The van der Waals surface area contributed by atoms with E-state index in [-0.39, 0.29) is 17.9 Å². The maximum absolute atomic E-state index is 15.9. The number of anilines is 1. The van der Waals surface area contributed by atoms with E-state index >= 15 is 14.0 Å². The standard InChI is InChI=1S/C34H33FN6O7S4/c1-29-24(43)40-20-13-15-9-7-8-10-17(15)31(20,21(42)33(40,51-49-29)26(45)38(29)5)32-18-14-16(35)11-12-19(18)36-23(32)41-25(44)30(2)39(6)27(46)34(41,52-50-30)22(32)48-28(47)37(3)4/h7-12,14,20-23,36,42H,13H2,1-6H3/t20-,21-,22-,23+,29-,30-,31-,32+,33-,34-/m0/s1. The Hall–Kier alpha value is -3.32. The number of likely N-dealkylation sites (N-methyl/N-ethyl adjacent to an activating group) is 2.